The van der Waals surface area contributed by atoms with Crippen molar-refractivity contribution < 1.29 is 0 Å². The summed E-state index contributed by atoms with van der Waals surface area (Å²) in [6, 6.07) is 0.166. The number of hydrazine groups is 1. The van der Waals surface area contributed by atoms with Crippen molar-refractivity contribution in [3.05, 3.63) is 10.3 Å². The Balaban J connectivity index is 1.89. The van der Waals surface area contributed by atoms with Gasteiger partial charge in [-0.1, -0.05) is 11.6 Å². The molecule has 2 saturated carbocycles. The van der Waals surface area contributed by atoms with Gasteiger partial charge in [-0.2, -0.15) is 0 Å². The summed E-state index contributed by atoms with van der Waals surface area (Å²) in [5.74, 6) is 8.14. The van der Waals surface area contributed by atoms with Gasteiger partial charge in [-0.3, -0.25) is 11.3 Å². The average Bonchev–Trinajstić information content (AvgIpc) is 3.00. The molecule has 17 heavy (non-hydrogen) atoms. The highest BCUT2D eigenvalue weighted by atomic mass is 79.9. The van der Waals surface area contributed by atoms with Crippen LogP contribution < -0.4 is 11.3 Å². The molecule has 0 saturated heterocycles. The van der Waals surface area contributed by atoms with Gasteiger partial charge in [0.2, 0.25) is 0 Å². The minimum absolute atomic E-state index is 0.166. The zero-order valence-corrected chi connectivity index (χ0v) is 11.5. The first-order valence-corrected chi connectivity index (χ1v) is 7.01. The Hall–Kier alpha value is -0.460. The maximum atomic E-state index is 5.77. The second-order valence-corrected chi connectivity index (χ2v) is 6.12. The van der Waals surface area contributed by atoms with Crippen LogP contribution in [0.1, 0.15) is 37.4 Å². The molecular weight excluding hydrogens is 282 g/mol. The van der Waals surface area contributed by atoms with Crippen LogP contribution in [0, 0.1) is 17.8 Å². The van der Waals surface area contributed by atoms with Crippen molar-refractivity contribution in [2.24, 2.45) is 30.6 Å². The minimum atomic E-state index is 0.166. The van der Waals surface area contributed by atoms with Crippen LogP contribution in [0.4, 0.5) is 0 Å². The van der Waals surface area contributed by atoms with Gasteiger partial charge in [-0.25, -0.2) is 4.68 Å². The van der Waals surface area contributed by atoms with Gasteiger partial charge in [0.15, 0.2) is 4.60 Å². The summed E-state index contributed by atoms with van der Waals surface area (Å²) in [5, 5.41) is 8.10. The highest BCUT2D eigenvalue weighted by Crippen LogP contribution is 2.52. The van der Waals surface area contributed by atoms with Crippen molar-refractivity contribution in [1.29, 1.82) is 0 Å². The van der Waals surface area contributed by atoms with Crippen molar-refractivity contribution in [3.63, 3.8) is 0 Å². The largest absolute Gasteiger partial charge is 0.271 e. The summed E-state index contributed by atoms with van der Waals surface area (Å²) in [4.78, 5) is 0. The first-order chi connectivity index (χ1) is 8.20. The normalized spacial score (nSPS) is 33.2. The Morgan fingerprint density at radius 2 is 2.29 bits per heavy atom. The second-order valence-electron chi connectivity index (χ2n) is 5.37. The fraction of sp³-hybridized carbons (Fsp3) is 0.818. The molecular formula is C11H18BrN5. The Labute approximate surface area is 109 Å². The summed E-state index contributed by atoms with van der Waals surface area (Å²) < 4.78 is 2.63. The molecule has 94 valence electrons. The molecule has 2 bridgehead atoms. The molecule has 1 heterocycles. The second kappa shape index (κ2) is 4.33. The molecule has 1 aromatic rings. The number of rotatable bonds is 3. The molecule has 1 aromatic heterocycles. The maximum absolute atomic E-state index is 5.77. The van der Waals surface area contributed by atoms with E-state index in [2.05, 4.69) is 31.7 Å². The number of aromatic nitrogens is 3. The van der Waals surface area contributed by atoms with Crippen LogP contribution in [0.5, 0.6) is 0 Å². The molecule has 0 spiro atoms. The van der Waals surface area contributed by atoms with Crippen molar-refractivity contribution >= 4 is 15.9 Å². The molecule has 0 radical (unpaired) electrons. The number of nitrogens with two attached hydrogens (primary N) is 1. The minimum Gasteiger partial charge on any atom is -0.271 e. The topological polar surface area (TPSA) is 68.8 Å². The quantitative estimate of drug-likeness (QED) is 0.656. The van der Waals surface area contributed by atoms with Crippen LogP contribution in [0.2, 0.25) is 0 Å². The van der Waals surface area contributed by atoms with Crippen molar-refractivity contribution in [3.8, 4) is 0 Å². The lowest BCUT2D eigenvalue weighted by molar-refractivity contribution is 0.243. The lowest BCUT2D eigenvalue weighted by Gasteiger charge is -2.29. The first kappa shape index (κ1) is 11.6. The van der Waals surface area contributed by atoms with Crippen LogP contribution >= 0.6 is 15.9 Å². The fourth-order valence-electron chi connectivity index (χ4n) is 3.78. The Kier molecular flexibility index (Phi) is 2.96. The Morgan fingerprint density at radius 1 is 1.47 bits per heavy atom. The van der Waals surface area contributed by atoms with E-state index in [1.54, 1.807) is 0 Å². The predicted molar refractivity (Wildman–Crippen MR) is 67.7 cm³/mol. The van der Waals surface area contributed by atoms with Crippen molar-refractivity contribution in [2.75, 3.05) is 0 Å². The molecule has 6 heteroatoms. The van der Waals surface area contributed by atoms with Gasteiger partial charge in [0.25, 0.3) is 0 Å². The van der Waals surface area contributed by atoms with Crippen LogP contribution in [0.3, 0.4) is 0 Å². The van der Waals surface area contributed by atoms with E-state index < -0.39 is 0 Å². The summed E-state index contributed by atoms with van der Waals surface area (Å²) in [6.45, 7) is 0. The molecule has 3 N–H and O–H groups in total. The van der Waals surface area contributed by atoms with Gasteiger partial charge < -0.3 is 0 Å². The molecule has 5 nitrogen and oxygen atoms in total. The third-order valence-corrected chi connectivity index (χ3v) is 5.09. The Morgan fingerprint density at radius 3 is 2.76 bits per heavy atom. The van der Waals surface area contributed by atoms with Gasteiger partial charge in [-0.15, -0.1) is 5.10 Å². The van der Waals surface area contributed by atoms with Crippen LogP contribution in [-0.2, 0) is 7.05 Å². The molecule has 2 aliphatic rings. The van der Waals surface area contributed by atoms with E-state index in [4.69, 9.17) is 5.84 Å². The third kappa shape index (κ3) is 1.82. The van der Waals surface area contributed by atoms with E-state index in [1.807, 2.05) is 11.7 Å². The van der Waals surface area contributed by atoms with Gasteiger partial charge in [0.1, 0.15) is 0 Å². The first-order valence-electron chi connectivity index (χ1n) is 6.22. The monoisotopic (exact) mass is 299 g/mol. The van der Waals surface area contributed by atoms with E-state index in [0.29, 0.717) is 5.92 Å². The van der Waals surface area contributed by atoms with E-state index in [0.717, 1.165) is 22.1 Å². The van der Waals surface area contributed by atoms with E-state index in [1.165, 1.54) is 25.7 Å². The van der Waals surface area contributed by atoms with Gasteiger partial charge in [0.05, 0.1) is 11.7 Å². The van der Waals surface area contributed by atoms with Crippen molar-refractivity contribution in [2.45, 2.75) is 31.7 Å². The van der Waals surface area contributed by atoms with E-state index in [9.17, 15) is 0 Å². The highest BCUT2D eigenvalue weighted by molar-refractivity contribution is 9.10. The Bertz CT molecular complexity index is 398. The summed E-state index contributed by atoms with van der Waals surface area (Å²) in [5.41, 5.74) is 4.06. The molecule has 0 aliphatic heterocycles. The lowest BCUT2D eigenvalue weighted by Crippen LogP contribution is -2.37. The lowest BCUT2D eigenvalue weighted by atomic mass is 9.82. The molecule has 4 atom stereocenters. The third-order valence-electron chi connectivity index (χ3n) is 4.52. The predicted octanol–water partition coefficient (Wildman–Crippen LogP) is 1.52. The zero-order chi connectivity index (χ0) is 12.0. The molecule has 4 unspecified atom stereocenters. The van der Waals surface area contributed by atoms with E-state index >= 15 is 0 Å². The van der Waals surface area contributed by atoms with Crippen molar-refractivity contribution in [1.82, 2.24) is 20.4 Å². The smallest absolute Gasteiger partial charge is 0.153 e. The maximum Gasteiger partial charge on any atom is 0.153 e. The number of nitrogens with zero attached hydrogens (tertiary/aromatic N) is 3. The van der Waals surface area contributed by atoms with Crippen LogP contribution in [0.25, 0.3) is 0 Å². The molecule has 3 rings (SSSR count). The molecule has 0 amide bonds. The number of hydrogen-bond acceptors (Lipinski definition) is 4. The number of nitrogens with one attached hydrogen (secondary N) is 1. The number of halogens is 1. The van der Waals surface area contributed by atoms with Gasteiger partial charge in [-0.05, 0) is 52.9 Å². The molecule has 2 aliphatic carbocycles. The van der Waals surface area contributed by atoms with Gasteiger partial charge in [0, 0.05) is 7.05 Å². The highest BCUT2D eigenvalue weighted by Gasteiger charge is 2.44. The summed E-state index contributed by atoms with van der Waals surface area (Å²) >= 11 is 3.47. The average molecular weight is 300 g/mol. The summed E-state index contributed by atoms with van der Waals surface area (Å²) in [7, 11) is 1.92. The van der Waals surface area contributed by atoms with Gasteiger partial charge >= 0.3 is 0 Å². The SMILES string of the molecule is Cn1nnc(Br)c1C(NN)C1CC2CCC1C2. The zero-order valence-electron chi connectivity index (χ0n) is 9.93. The number of aryl methyl sites for hydroxylation is 1. The summed E-state index contributed by atoms with van der Waals surface area (Å²) in [6.07, 6.45) is 5.43. The van der Waals surface area contributed by atoms with E-state index in [-0.39, 0.29) is 6.04 Å². The fourth-order valence-corrected chi connectivity index (χ4v) is 4.35. The number of fused-ring (bicyclic) bond motifs is 2. The standard InChI is InChI=1S/C11H18BrN5/c1-17-10(11(12)15-16-17)9(14-13)8-5-6-2-3-7(8)4-6/h6-9,14H,2-5,13H2,1H3. The van der Waals surface area contributed by atoms with Crippen LogP contribution in [-0.4, -0.2) is 15.0 Å². The molecule has 0 aromatic carbocycles. The number of hydrogen-bond donors (Lipinski definition) is 2. The molecule has 2 fully saturated rings. The van der Waals surface area contributed by atoms with Crippen LogP contribution in [0.15, 0.2) is 4.60 Å².